The van der Waals surface area contributed by atoms with Gasteiger partial charge in [-0.2, -0.15) is 5.26 Å². The number of esters is 1. The van der Waals surface area contributed by atoms with Gasteiger partial charge in [0.05, 0.1) is 6.07 Å². The van der Waals surface area contributed by atoms with Crippen LogP contribution in [0.15, 0.2) is 30.3 Å². The quantitative estimate of drug-likeness (QED) is 0.818. The number of ether oxygens (including phenoxy) is 1. The summed E-state index contributed by atoms with van der Waals surface area (Å²) in [7, 11) is 0. The van der Waals surface area contributed by atoms with Crippen LogP contribution in [0.2, 0.25) is 0 Å². The molecule has 23 heavy (non-hydrogen) atoms. The van der Waals surface area contributed by atoms with E-state index in [9.17, 15) is 14.9 Å². The molecular weight excluding hydrogens is 292 g/mol. The molecule has 5 heteroatoms. The predicted molar refractivity (Wildman–Crippen MR) is 85.3 cm³/mol. The molecule has 0 bridgehead atoms. The highest BCUT2D eigenvalue weighted by molar-refractivity contribution is 5.81. The van der Waals surface area contributed by atoms with Crippen LogP contribution in [0.5, 0.6) is 0 Å². The molecule has 1 aromatic rings. The Morgan fingerprint density at radius 1 is 1.17 bits per heavy atom. The molecule has 1 amide bonds. The van der Waals surface area contributed by atoms with Crippen molar-refractivity contribution in [3.63, 3.8) is 0 Å². The summed E-state index contributed by atoms with van der Waals surface area (Å²) < 4.78 is 5.00. The summed E-state index contributed by atoms with van der Waals surface area (Å²) in [6.07, 6.45) is 5.11. The van der Waals surface area contributed by atoms with E-state index in [1.807, 2.05) is 30.3 Å². The van der Waals surface area contributed by atoms with E-state index in [0.29, 0.717) is 19.3 Å². The summed E-state index contributed by atoms with van der Waals surface area (Å²) in [6, 6.07) is 11.9. The number of amides is 1. The number of carbonyl (C=O) groups is 2. The SMILES string of the molecule is N#CC1(NC(=O)COC(=O)CCc2ccccc2)CCCCC1. The number of hydrogen-bond acceptors (Lipinski definition) is 4. The van der Waals surface area contributed by atoms with Gasteiger partial charge in [-0.1, -0.05) is 49.6 Å². The van der Waals surface area contributed by atoms with E-state index in [-0.39, 0.29) is 13.0 Å². The van der Waals surface area contributed by atoms with Crippen molar-refractivity contribution < 1.29 is 14.3 Å². The molecule has 2 rings (SSSR count). The van der Waals surface area contributed by atoms with Crippen molar-refractivity contribution in [1.82, 2.24) is 5.32 Å². The van der Waals surface area contributed by atoms with E-state index in [0.717, 1.165) is 24.8 Å². The number of nitriles is 1. The monoisotopic (exact) mass is 314 g/mol. The number of rotatable bonds is 6. The van der Waals surface area contributed by atoms with Gasteiger partial charge < -0.3 is 10.1 Å². The molecule has 1 fully saturated rings. The largest absolute Gasteiger partial charge is 0.456 e. The van der Waals surface area contributed by atoms with Crippen LogP contribution < -0.4 is 5.32 Å². The molecule has 0 heterocycles. The first kappa shape index (κ1) is 17.0. The van der Waals surface area contributed by atoms with Crippen molar-refractivity contribution in [2.45, 2.75) is 50.5 Å². The van der Waals surface area contributed by atoms with Crippen LogP contribution in [0.1, 0.15) is 44.1 Å². The van der Waals surface area contributed by atoms with Crippen molar-refractivity contribution in [1.29, 1.82) is 5.26 Å². The molecule has 1 aliphatic rings. The molecule has 0 spiro atoms. The Bertz CT molecular complexity index is 572. The van der Waals surface area contributed by atoms with Crippen LogP contribution in [0.4, 0.5) is 0 Å². The lowest BCUT2D eigenvalue weighted by molar-refractivity contribution is -0.149. The zero-order valence-corrected chi connectivity index (χ0v) is 13.2. The van der Waals surface area contributed by atoms with Crippen molar-refractivity contribution in [3.05, 3.63) is 35.9 Å². The molecular formula is C18H22N2O3. The maximum atomic E-state index is 11.9. The number of nitrogens with one attached hydrogen (secondary N) is 1. The Hall–Kier alpha value is -2.35. The molecule has 1 N–H and O–H groups in total. The highest BCUT2D eigenvalue weighted by atomic mass is 16.5. The minimum Gasteiger partial charge on any atom is -0.456 e. The molecule has 0 unspecified atom stereocenters. The van der Waals surface area contributed by atoms with Crippen molar-refractivity contribution in [2.75, 3.05) is 6.61 Å². The lowest BCUT2D eigenvalue weighted by Crippen LogP contribution is -2.50. The second kappa shape index (κ2) is 8.33. The van der Waals surface area contributed by atoms with Crippen LogP contribution in [0.25, 0.3) is 0 Å². The summed E-state index contributed by atoms with van der Waals surface area (Å²) in [6.45, 7) is -0.322. The Labute approximate surface area is 136 Å². The summed E-state index contributed by atoms with van der Waals surface area (Å²) >= 11 is 0. The smallest absolute Gasteiger partial charge is 0.306 e. The second-order valence-electron chi connectivity index (χ2n) is 5.95. The summed E-state index contributed by atoms with van der Waals surface area (Å²) in [5.41, 5.74) is 0.269. The van der Waals surface area contributed by atoms with Gasteiger partial charge in [0.2, 0.25) is 0 Å². The first-order chi connectivity index (χ1) is 11.1. The van der Waals surface area contributed by atoms with Crippen LogP contribution in [-0.4, -0.2) is 24.0 Å². The van der Waals surface area contributed by atoms with E-state index < -0.39 is 17.4 Å². The summed E-state index contributed by atoms with van der Waals surface area (Å²) in [5.74, 6) is -0.805. The molecule has 0 aliphatic heterocycles. The molecule has 0 aromatic heterocycles. The Morgan fingerprint density at radius 3 is 2.52 bits per heavy atom. The Balaban J connectivity index is 1.71. The van der Waals surface area contributed by atoms with Gasteiger partial charge in [-0.25, -0.2) is 0 Å². The maximum absolute atomic E-state index is 11.9. The molecule has 0 atom stereocenters. The first-order valence-electron chi connectivity index (χ1n) is 8.05. The van der Waals surface area contributed by atoms with Crippen LogP contribution in [0.3, 0.4) is 0 Å². The van der Waals surface area contributed by atoms with Crippen molar-refractivity contribution in [2.24, 2.45) is 0 Å². The summed E-state index contributed by atoms with van der Waals surface area (Å²) in [5, 5.41) is 12.0. The highest BCUT2D eigenvalue weighted by Crippen LogP contribution is 2.27. The number of hydrogen-bond donors (Lipinski definition) is 1. The molecule has 1 aromatic carbocycles. The van der Waals surface area contributed by atoms with Gasteiger partial charge in [0.15, 0.2) is 6.61 Å². The molecule has 122 valence electrons. The number of carbonyl (C=O) groups excluding carboxylic acids is 2. The average molecular weight is 314 g/mol. The minimum atomic E-state index is -0.786. The van der Waals surface area contributed by atoms with Gasteiger partial charge >= 0.3 is 5.97 Å². The van der Waals surface area contributed by atoms with E-state index in [1.165, 1.54) is 0 Å². The van der Waals surface area contributed by atoms with E-state index in [1.54, 1.807) is 0 Å². The Morgan fingerprint density at radius 2 is 1.87 bits per heavy atom. The molecule has 0 saturated heterocycles. The van der Waals surface area contributed by atoms with E-state index in [2.05, 4.69) is 11.4 Å². The maximum Gasteiger partial charge on any atom is 0.306 e. The van der Waals surface area contributed by atoms with Gasteiger partial charge in [0, 0.05) is 6.42 Å². The normalized spacial score (nSPS) is 16.1. The van der Waals surface area contributed by atoms with Gasteiger partial charge in [-0.3, -0.25) is 9.59 Å². The highest BCUT2D eigenvalue weighted by Gasteiger charge is 2.33. The minimum absolute atomic E-state index is 0.237. The molecule has 1 saturated carbocycles. The molecule has 5 nitrogen and oxygen atoms in total. The fourth-order valence-electron chi connectivity index (χ4n) is 2.83. The van der Waals surface area contributed by atoms with Gasteiger partial charge in [0.25, 0.3) is 5.91 Å². The van der Waals surface area contributed by atoms with Gasteiger partial charge in [0.1, 0.15) is 5.54 Å². The standard InChI is InChI=1S/C18H22N2O3/c19-14-18(11-5-2-6-12-18)20-16(21)13-23-17(22)10-9-15-7-3-1-4-8-15/h1,3-4,7-8H,2,5-6,9-13H2,(H,20,21). The Kier molecular flexibility index (Phi) is 6.16. The van der Waals surface area contributed by atoms with Gasteiger partial charge in [-0.15, -0.1) is 0 Å². The van der Waals surface area contributed by atoms with E-state index >= 15 is 0 Å². The van der Waals surface area contributed by atoms with Crippen LogP contribution in [0, 0.1) is 11.3 Å². The predicted octanol–water partition coefficient (Wildman–Crippen LogP) is 2.51. The fraction of sp³-hybridized carbons (Fsp3) is 0.500. The van der Waals surface area contributed by atoms with Crippen molar-refractivity contribution >= 4 is 11.9 Å². The lowest BCUT2D eigenvalue weighted by atomic mass is 9.83. The molecule has 0 radical (unpaired) electrons. The first-order valence-corrected chi connectivity index (χ1v) is 8.05. The third kappa shape index (κ3) is 5.41. The third-order valence-corrected chi connectivity index (χ3v) is 4.12. The van der Waals surface area contributed by atoms with Gasteiger partial charge in [-0.05, 0) is 24.8 Å². The topological polar surface area (TPSA) is 79.2 Å². The zero-order valence-electron chi connectivity index (χ0n) is 13.2. The van der Waals surface area contributed by atoms with E-state index in [4.69, 9.17) is 4.74 Å². The summed E-state index contributed by atoms with van der Waals surface area (Å²) in [4.78, 5) is 23.6. The van der Waals surface area contributed by atoms with Crippen LogP contribution >= 0.6 is 0 Å². The number of benzene rings is 1. The van der Waals surface area contributed by atoms with Crippen molar-refractivity contribution in [3.8, 4) is 6.07 Å². The third-order valence-electron chi connectivity index (χ3n) is 4.12. The lowest BCUT2D eigenvalue weighted by Gasteiger charge is -2.31. The molecule has 1 aliphatic carbocycles. The zero-order chi connectivity index (χ0) is 16.5. The van der Waals surface area contributed by atoms with Crippen LogP contribution in [-0.2, 0) is 20.7 Å². The second-order valence-corrected chi connectivity index (χ2v) is 5.95. The average Bonchev–Trinajstić information content (AvgIpc) is 2.60. The number of aryl methyl sites for hydroxylation is 1. The number of nitrogens with zero attached hydrogens (tertiary/aromatic N) is 1. The fourth-order valence-corrected chi connectivity index (χ4v) is 2.83.